The second-order valence-corrected chi connectivity index (χ2v) is 5.29. The van der Waals surface area contributed by atoms with E-state index in [1.54, 1.807) is 12.1 Å². The van der Waals surface area contributed by atoms with E-state index in [0.29, 0.717) is 0 Å². The van der Waals surface area contributed by atoms with Crippen LogP contribution in [-0.2, 0) is 11.8 Å². The fourth-order valence-electron chi connectivity index (χ4n) is 3.22. The van der Waals surface area contributed by atoms with Crippen molar-refractivity contribution in [3.05, 3.63) is 58.9 Å². The molecule has 2 aliphatic rings. The van der Waals surface area contributed by atoms with Gasteiger partial charge in [-0.15, -0.1) is 0 Å². The first-order valence-electron chi connectivity index (χ1n) is 6.35. The molecular weight excluding hydrogens is 211 g/mol. The highest BCUT2D eigenvalue weighted by molar-refractivity contribution is 5.47. The van der Waals surface area contributed by atoms with E-state index in [2.05, 4.69) is 25.2 Å². The Balaban J connectivity index is 2.07. The topological polar surface area (TPSA) is 0 Å². The summed E-state index contributed by atoms with van der Waals surface area (Å²) in [5.74, 6) is -0.106. The molecule has 88 valence electrons. The van der Waals surface area contributed by atoms with Gasteiger partial charge in [-0.25, -0.2) is 4.39 Å². The highest BCUT2D eigenvalue weighted by atomic mass is 19.1. The maximum atomic E-state index is 13.2. The van der Waals surface area contributed by atoms with Gasteiger partial charge in [0, 0.05) is 5.41 Å². The minimum absolute atomic E-state index is 0.106. The normalized spacial score (nSPS) is 26.8. The summed E-state index contributed by atoms with van der Waals surface area (Å²) in [6, 6.07) is 5.29. The summed E-state index contributed by atoms with van der Waals surface area (Å²) in [4.78, 5) is 0. The lowest BCUT2D eigenvalue weighted by Crippen LogP contribution is -2.22. The van der Waals surface area contributed by atoms with Crippen molar-refractivity contribution in [1.82, 2.24) is 0 Å². The average molecular weight is 228 g/mol. The lowest BCUT2D eigenvalue weighted by atomic mass is 9.74. The molecule has 0 radical (unpaired) electrons. The Kier molecular flexibility index (Phi) is 2.43. The second-order valence-electron chi connectivity index (χ2n) is 5.29. The first-order valence-corrected chi connectivity index (χ1v) is 6.35. The van der Waals surface area contributed by atoms with E-state index < -0.39 is 0 Å². The van der Waals surface area contributed by atoms with Crippen LogP contribution in [0.15, 0.2) is 42.0 Å². The van der Waals surface area contributed by atoms with Gasteiger partial charge in [-0.1, -0.05) is 36.8 Å². The second kappa shape index (κ2) is 3.83. The maximum Gasteiger partial charge on any atom is 0.123 e. The van der Waals surface area contributed by atoms with Crippen LogP contribution in [0, 0.1) is 5.82 Å². The fourth-order valence-corrected chi connectivity index (χ4v) is 3.22. The van der Waals surface area contributed by atoms with Gasteiger partial charge in [0.1, 0.15) is 5.82 Å². The van der Waals surface area contributed by atoms with Crippen molar-refractivity contribution in [2.24, 2.45) is 0 Å². The van der Waals surface area contributed by atoms with Gasteiger partial charge in [-0.3, -0.25) is 0 Å². The minimum Gasteiger partial charge on any atom is -0.207 e. The van der Waals surface area contributed by atoms with E-state index in [-0.39, 0.29) is 11.2 Å². The number of aryl methyl sites for hydroxylation is 1. The van der Waals surface area contributed by atoms with E-state index in [4.69, 9.17) is 0 Å². The molecule has 0 saturated carbocycles. The number of halogens is 1. The molecule has 0 spiro atoms. The Morgan fingerprint density at radius 2 is 2.12 bits per heavy atom. The van der Waals surface area contributed by atoms with Gasteiger partial charge in [0.15, 0.2) is 0 Å². The monoisotopic (exact) mass is 228 g/mol. The number of benzene rings is 1. The van der Waals surface area contributed by atoms with Gasteiger partial charge < -0.3 is 0 Å². The van der Waals surface area contributed by atoms with Gasteiger partial charge >= 0.3 is 0 Å². The van der Waals surface area contributed by atoms with Crippen LogP contribution in [0.4, 0.5) is 4.39 Å². The van der Waals surface area contributed by atoms with Crippen LogP contribution >= 0.6 is 0 Å². The molecular formula is C16H17F. The standard InChI is InChI=1S/C16H17F/c1-16(13-5-3-2-4-6-13)10-9-12-11-14(17)7-8-15(12)16/h2-3,5,7-8,11H,4,6,9-10H2,1H3. The molecule has 1 aromatic rings. The third kappa shape index (κ3) is 1.65. The Morgan fingerprint density at radius 1 is 1.24 bits per heavy atom. The maximum absolute atomic E-state index is 13.2. The lowest BCUT2D eigenvalue weighted by molar-refractivity contribution is 0.529. The van der Waals surface area contributed by atoms with Gasteiger partial charge in [-0.05, 0) is 48.9 Å². The third-order valence-electron chi connectivity index (χ3n) is 4.28. The average Bonchev–Trinajstić information content (AvgIpc) is 2.69. The molecule has 0 aliphatic heterocycles. The fraction of sp³-hybridized carbons (Fsp3) is 0.375. The zero-order valence-corrected chi connectivity index (χ0v) is 10.2. The Labute approximate surface area is 102 Å². The van der Waals surface area contributed by atoms with Gasteiger partial charge in [-0.2, -0.15) is 0 Å². The first-order chi connectivity index (χ1) is 8.20. The molecule has 0 aromatic heterocycles. The molecule has 2 aliphatic carbocycles. The predicted octanol–water partition coefficient (Wildman–Crippen LogP) is 4.31. The number of hydrogen-bond donors (Lipinski definition) is 0. The quantitative estimate of drug-likeness (QED) is 0.672. The SMILES string of the molecule is CC1(C2=CC=CCC2)CCc2cc(F)ccc21. The number of fused-ring (bicyclic) bond motifs is 1. The van der Waals surface area contributed by atoms with Crippen molar-refractivity contribution in [2.75, 3.05) is 0 Å². The van der Waals surface area contributed by atoms with Crippen molar-refractivity contribution in [3.63, 3.8) is 0 Å². The van der Waals surface area contributed by atoms with Gasteiger partial charge in [0.2, 0.25) is 0 Å². The van der Waals surface area contributed by atoms with Crippen LogP contribution in [0.25, 0.3) is 0 Å². The van der Waals surface area contributed by atoms with E-state index >= 15 is 0 Å². The van der Waals surface area contributed by atoms with E-state index in [0.717, 1.165) is 25.7 Å². The number of allylic oxidation sites excluding steroid dienone is 4. The molecule has 1 aromatic carbocycles. The number of hydrogen-bond acceptors (Lipinski definition) is 0. The van der Waals surface area contributed by atoms with Crippen molar-refractivity contribution < 1.29 is 4.39 Å². The van der Waals surface area contributed by atoms with Crippen LogP contribution in [0.2, 0.25) is 0 Å². The summed E-state index contributed by atoms with van der Waals surface area (Å²) in [6.45, 7) is 2.31. The van der Waals surface area contributed by atoms with Crippen molar-refractivity contribution in [1.29, 1.82) is 0 Å². The zero-order valence-electron chi connectivity index (χ0n) is 10.2. The largest absolute Gasteiger partial charge is 0.207 e. The van der Waals surface area contributed by atoms with Gasteiger partial charge in [0.25, 0.3) is 0 Å². The van der Waals surface area contributed by atoms with E-state index in [1.165, 1.54) is 16.7 Å². The van der Waals surface area contributed by atoms with E-state index in [1.807, 2.05) is 6.07 Å². The molecule has 1 unspecified atom stereocenters. The molecule has 3 rings (SSSR count). The Bertz CT molecular complexity index is 510. The summed E-state index contributed by atoms with van der Waals surface area (Å²) in [5, 5.41) is 0. The highest BCUT2D eigenvalue weighted by Crippen LogP contribution is 2.46. The van der Waals surface area contributed by atoms with Crippen molar-refractivity contribution in [2.45, 2.75) is 38.0 Å². The highest BCUT2D eigenvalue weighted by Gasteiger charge is 2.37. The third-order valence-corrected chi connectivity index (χ3v) is 4.28. The first kappa shape index (κ1) is 10.8. The van der Waals surface area contributed by atoms with Crippen molar-refractivity contribution in [3.8, 4) is 0 Å². The van der Waals surface area contributed by atoms with Gasteiger partial charge in [0.05, 0.1) is 0 Å². The van der Waals surface area contributed by atoms with Crippen LogP contribution in [0.1, 0.15) is 37.3 Å². The Morgan fingerprint density at radius 3 is 2.88 bits per heavy atom. The molecule has 0 fully saturated rings. The minimum atomic E-state index is -0.106. The summed E-state index contributed by atoms with van der Waals surface area (Å²) in [6.07, 6.45) is 11.0. The summed E-state index contributed by atoms with van der Waals surface area (Å²) in [5.41, 5.74) is 4.17. The molecule has 1 heteroatoms. The predicted molar refractivity (Wildman–Crippen MR) is 68.5 cm³/mol. The molecule has 17 heavy (non-hydrogen) atoms. The molecule has 1 atom stereocenters. The zero-order chi connectivity index (χ0) is 11.9. The lowest BCUT2D eigenvalue weighted by Gasteiger charge is -2.30. The van der Waals surface area contributed by atoms with Crippen molar-refractivity contribution >= 4 is 0 Å². The van der Waals surface area contributed by atoms with Crippen LogP contribution in [-0.4, -0.2) is 0 Å². The molecule has 0 amide bonds. The smallest absolute Gasteiger partial charge is 0.123 e. The van der Waals surface area contributed by atoms with E-state index in [9.17, 15) is 4.39 Å². The van der Waals surface area contributed by atoms with Crippen LogP contribution < -0.4 is 0 Å². The molecule has 0 N–H and O–H groups in total. The molecule has 0 heterocycles. The Hall–Kier alpha value is -1.37. The summed E-state index contributed by atoms with van der Waals surface area (Å²) in [7, 11) is 0. The molecule has 0 saturated heterocycles. The summed E-state index contributed by atoms with van der Waals surface area (Å²) >= 11 is 0. The summed E-state index contributed by atoms with van der Waals surface area (Å²) < 4.78 is 13.2. The van der Waals surface area contributed by atoms with Crippen LogP contribution in [0.5, 0.6) is 0 Å². The van der Waals surface area contributed by atoms with Crippen LogP contribution in [0.3, 0.4) is 0 Å². The number of rotatable bonds is 1. The molecule has 0 bridgehead atoms. The molecule has 0 nitrogen and oxygen atoms in total.